The Labute approximate surface area is 185 Å². The number of nitriles is 1. The van der Waals surface area contributed by atoms with Crippen LogP contribution in [-0.2, 0) is 9.59 Å². The van der Waals surface area contributed by atoms with Gasteiger partial charge in [-0.2, -0.15) is 5.26 Å². The van der Waals surface area contributed by atoms with Crippen molar-refractivity contribution in [2.75, 3.05) is 0 Å². The first kappa shape index (κ1) is 22.4. The summed E-state index contributed by atoms with van der Waals surface area (Å²) in [6.45, 7) is 3.84. The van der Waals surface area contributed by atoms with E-state index in [1.54, 1.807) is 0 Å². The molecular formula is C20H25Cl2N5O3. The Hall–Kier alpha value is -2.24. The first-order valence-electron chi connectivity index (χ1n) is 9.95. The molecule has 1 saturated heterocycles. The highest BCUT2D eigenvalue weighted by molar-refractivity contribution is 6.41. The smallest absolute Gasteiger partial charge is 0.268 e. The average molecular weight is 454 g/mol. The summed E-state index contributed by atoms with van der Waals surface area (Å²) in [5, 5.41) is 18.1. The first-order valence-corrected chi connectivity index (χ1v) is 10.7. The molecule has 10 heteroatoms. The van der Waals surface area contributed by atoms with Crippen LogP contribution in [0.5, 0.6) is 0 Å². The molecule has 8 nitrogen and oxygen atoms in total. The minimum absolute atomic E-state index is 0.113. The van der Waals surface area contributed by atoms with E-state index in [9.17, 15) is 19.6 Å². The minimum Gasteiger partial charge on any atom is -0.351 e. The van der Waals surface area contributed by atoms with Crippen molar-refractivity contribution in [1.82, 2.24) is 20.9 Å². The van der Waals surface area contributed by atoms with Crippen molar-refractivity contribution in [1.29, 1.82) is 5.26 Å². The van der Waals surface area contributed by atoms with E-state index in [0.29, 0.717) is 18.8 Å². The number of carbonyl (C=O) groups is 3. The molecule has 0 radical (unpaired) electrons. The van der Waals surface area contributed by atoms with Gasteiger partial charge in [-0.3, -0.25) is 14.4 Å². The fourth-order valence-electron chi connectivity index (χ4n) is 3.77. The highest BCUT2D eigenvalue weighted by atomic mass is 35.5. The van der Waals surface area contributed by atoms with Crippen LogP contribution in [0, 0.1) is 23.2 Å². The molecule has 3 atom stereocenters. The SMILES string of the molecule is CC1(C)CC(CC(C#N)NC(=O)C(CC2CC2)NC(=O)c2cc(Cl)c(Cl)[nH]2)C(=O)N1. The Morgan fingerprint density at radius 2 is 2.00 bits per heavy atom. The maximum absolute atomic E-state index is 12.9. The number of hydrogen-bond acceptors (Lipinski definition) is 4. The highest BCUT2D eigenvalue weighted by Gasteiger charge is 2.39. The zero-order valence-corrected chi connectivity index (χ0v) is 18.4. The van der Waals surface area contributed by atoms with E-state index in [-0.39, 0.29) is 39.7 Å². The van der Waals surface area contributed by atoms with Crippen LogP contribution in [0.2, 0.25) is 10.2 Å². The molecular weight excluding hydrogens is 429 g/mol. The quantitative estimate of drug-likeness (QED) is 0.482. The van der Waals surface area contributed by atoms with Crippen molar-refractivity contribution in [2.45, 2.75) is 63.6 Å². The summed E-state index contributed by atoms with van der Waals surface area (Å²) in [5.41, 5.74) is -0.174. The summed E-state index contributed by atoms with van der Waals surface area (Å²) in [6.07, 6.45) is 3.30. The lowest BCUT2D eigenvalue weighted by Gasteiger charge is -2.21. The molecule has 30 heavy (non-hydrogen) atoms. The molecule has 1 aromatic rings. The topological polar surface area (TPSA) is 127 Å². The molecule has 0 aromatic carbocycles. The zero-order valence-electron chi connectivity index (χ0n) is 16.9. The summed E-state index contributed by atoms with van der Waals surface area (Å²) in [7, 11) is 0. The van der Waals surface area contributed by atoms with Crippen LogP contribution in [-0.4, -0.2) is 40.3 Å². The Kier molecular flexibility index (Phi) is 6.63. The lowest BCUT2D eigenvalue weighted by atomic mass is 9.92. The molecule has 0 spiro atoms. The van der Waals surface area contributed by atoms with Crippen molar-refractivity contribution >= 4 is 40.9 Å². The van der Waals surface area contributed by atoms with E-state index in [1.807, 2.05) is 13.8 Å². The predicted octanol–water partition coefficient (Wildman–Crippen LogP) is 2.53. The molecule has 1 aliphatic heterocycles. The van der Waals surface area contributed by atoms with Gasteiger partial charge in [0.2, 0.25) is 11.8 Å². The van der Waals surface area contributed by atoms with Crippen LogP contribution in [0.15, 0.2) is 6.07 Å². The van der Waals surface area contributed by atoms with Gasteiger partial charge in [-0.05, 0) is 45.1 Å². The number of carbonyl (C=O) groups excluding carboxylic acids is 3. The summed E-state index contributed by atoms with van der Waals surface area (Å²) < 4.78 is 0. The van der Waals surface area contributed by atoms with Crippen LogP contribution in [0.3, 0.4) is 0 Å². The molecule has 2 fully saturated rings. The molecule has 2 aliphatic rings. The van der Waals surface area contributed by atoms with Gasteiger partial charge in [0.05, 0.1) is 11.1 Å². The third-order valence-electron chi connectivity index (χ3n) is 5.44. The molecule has 3 rings (SSSR count). The van der Waals surface area contributed by atoms with Crippen molar-refractivity contribution in [3.05, 3.63) is 21.9 Å². The minimum atomic E-state index is -0.824. The molecule has 162 valence electrons. The molecule has 4 N–H and O–H groups in total. The van der Waals surface area contributed by atoms with Crippen LogP contribution in [0.4, 0.5) is 0 Å². The van der Waals surface area contributed by atoms with E-state index in [1.165, 1.54) is 6.07 Å². The number of H-pyrrole nitrogens is 1. The van der Waals surface area contributed by atoms with Gasteiger partial charge in [0.15, 0.2) is 0 Å². The first-order chi connectivity index (χ1) is 14.1. The number of aromatic amines is 1. The fourth-order valence-corrected chi connectivity index (χ4v) is 4.08. The van der Waals surface area contributed by atoms with Crippen molar-refractivity contribution in [2.24, 2.45) is 11.8 Å². The van der Waals surface area contributed by atoms with Gasteiger partial charge in [-0.25, -0.2) is 0 Å². The molecule has 2 heterocycles. The lowest BCUT2D eigenvalue weighted by Crippen LogP contribution is -2.50. The second kappa shape index (κ2) is 8.86. The van der Waals surface area contributed by atoms with Crippen LogP contribution in [0.1, 0.15) is 56.4 Å². The van der Waals surface area contributed by atoms with Crippen LogP contribution >= 0.6 is 23.2 Å². The second-order valence-electron chi connectivity index (χ2n) is 8.75. The van der Waals surface area contributed by atoms with Gasteiger partial charge in [0.25, 0.3) is 5.91 Å². The Balaban J connectivity index is 1.63. The zero-order chi connectivity index (χ0) is 22.1. The van der Waals surface area contributed by atoms with E-state index >= 15 is 0 Å². The van der Waals surface area contributed by atoms with Gasteiger partial charge in [-0.1, -0.05) is 36.0 Å². The largest absolute Gasteiger partial charge is 0.351 e. The molecule has 1 aromatic heterocycles. The summed E-state index contributed by atoms with van der Waals surface area (Å²) in [5.74, 6) is -1.04. The monoisotopic (exact) mass is 453 g/mol. The Bertz CT molecular complexity index is 868. The van der Waals surface area contributed by atoms with Gasteiger partial charge < -0.3 is 20.9 Å². The fraction of sp³-hybridized carbons (Fsp3) is 0.600. The van der Waals surface area contributed by atoms with Gasteiger partial charge in [-0.15, -0.1) is 0 Å². The Morgan fingerprint density at radius 3 is 2.50 bits per heavy atom. The Morgan fingerprint density at radius 1 is 1.30 bits per heavy atom. The third-order valence-corrected chi connectivity index (χ3v) is 6.13. The van der Waals surface area contributed by atoms with Gasteiger partial charge in [0.1, 0.15) is 22.9 Å². The standard InChI is InChI=1S/C20H25Cl2N5O3/c1-20(2)8-11(17(28)27-20)6-12(9-23)24-18(29)14(5-10-3-4-10)26-19(30)15-7-13(21)16(22)25-15/h7,10-12,14,25H,3-6,8H2,1-2H3,(H,24,29)(H,26,30)(H,27,28). The number of hydrogen-bond donors (Lipinski definition) is 4. The number of aromatic nitrogens is 1. The summed E-state index contributed by atoms with van der Waals surface area (Å²) >= 11 is 11.7. The van der Waals surface area contributed by atoms with Crippen molar-refractivity contribution < 1.29 is 14.4 Å². The normalized spacial score (nSPS) is 22.0. The van der Waals surface area contributed by atoms with E-state index in [0.717, 1.165) is 12.8 Å². The van der Waals surface area contributed by atoms with Crippen molar-refractivity contribution in [3.8, 4) is 6.07 Å². The van der Waals surface area contributed by atoms with Crippen LogP contribution < -0.4 is 16.0 Å². The number of nitrogens with zero attached hydrogens (tertiary/aromatic N) is 1. The predicted molar refractivity (Wildman–Crippen MR) is 112 cm³/mol. The van der Waals surface area contributed by atoms with Gasteiger partial charge >= 0.3 is 0 Å². The molecule has 1 aliphatic carbocycles. The third kappa shape index (κ3) is 5.67. The maximum atomic E-state index is 12.9. The number of halogens is 2. The van der Waals surface area contributed by atoms with Gasteiger partial charge in [0, 0.05) is 11.5 Å². The number of nitrogens with one attached hydrogen (secondary N) is 4. The molecule has 3 amide bonds. The summed E-state index contributed by atoms with van der Waals surface area (Å²) in [6, 6.07) is 1.83. The van der Waals surface area contributed by atoms with E-state index < -0.39 is 23.9 Å². The summed E-state index contributed by atoms with van der Waals surface area (Å²) in [4.78, 5) is 40.2. The molecule has 3 unspecified atom stereocenters. The average Bonchev–Trinajstić information content (AvgIpc) is 3.36. The molecule has 0 bridgehead atoms. The molecule has 1 saturated carbocycles. The van der Waals surface area contributed by atoms with Crippen molar-refractivity contribution in [3.63, 3.8) is 0 Å². The maximum Gasteiger partial charge on any atom is 0.268 e. The van der Waals surface area contributed by atoms with E-state index in [2.05, 4.69) is 27.0 Å². The van der Waals surface area contributed by atoms with E-state index in [4.69, 9.17) is 23.2 Å². The highest BCUT2D eigenvalue weighted by Crippen LogP contribution is 2.34. The number of rotatable bonds is 8. The second-order valence-corrected chi connectivity index (χ2v) is 9.54. The lowest BCUT2D eigenvalue weighted by molar-refractivity contribution is -0.125. The number of amides is 3. The van der Waals surface area contributed by atoms with Crippen LogP contribution in [0.25, 0.3) is 0 Å².